The molecule has 0 aliphatic carbocycles. The van der Waals surface area contributed by atoms with Gasteiger partial charge in [-0.25, -0.2) is 0 Å². The van der Waals surface area contributed by atoms with Gasteiger partial charge in [-0.1, -0.05) is 23.8 Å². The monoisotopic (exact) mass is 405 g/mol. The van der Waals surface area contributed by atoms with Crippen LogP contribution in [0, 0.1) is 0 Å². The minimum atomic E-state index is 0.710. The van der Waals surface area contributed by atoms with Crippen LogP contribution in [-0.4, -0.2) is 53.2 Å². The summed E-state index contributed by atoms with van der Waals surface area (Å²) >= 11 is 17.1. The van der Waals surface area contributed by atoms with Crippen LogP contribution in [0.25, 0.3) is 0 Å². The van der Waals surface area contributed by atoms with E-state index in [4.69, 9.17) is 40.8 Å². The Morgan fingerprint density at radius 2 is 1.50 bits per heavy atom. The molecule has 2 aromatic carbocycles. The number of anilines is 1. The Kier molecular flexibility index (Phi) is 6.29. The van der Waals surface area contributed by atoms with E-state index in [9.17, 15) is 0 Å². The molecule has 1 N–H and O–H groups in total. The molecule has 0 radical (unpaired) electrons. The Bertz CT molecular complexity index is 772. The smallest absolute Gasteiger partial charge is 0.173 e. The molecule has 26 heavy (non-hydrogen) atoms. The molecule has 0 unspecified atom stereocenters. The fourth-order valence-corrected chi connectivity index (χ4v) is 3.51. The first kappa shape index (κ1) is 18.9. The van der Waals surface area contributed by atoms with Gasteiger partial charge >= 0.3 is 0 Å². The number of halogens is 1. The third kappa shape index (κ3) is 4.63. The van der Waals surface area contributed by atoms with Crippen LogP contribution in [0.1, 0.15) is 5.56 Å². The van der Waals surface area contributed by atoms with Crippen molar-refractivity contribution in [1.29, 1.82) is 0 Å². The number of benzene rings is 2. The van der Waals surface area contributed by atoms with Gasteiger partial charge in [0.2, 0.25) is 0 Å². The molecule has 1 saturated heterocycles. The van der Waals surface area contributed by atoms with Crippen LogP contribution >= 0.6 is 36.0 Å². The molecule has 136 valence electrons. The van der Waals surface area contributed by atoms with Crippen LogP contribution in [0.4, 0.5) is 5.69 Å². The van der Waals surface area contributed by atoms with E-state index in [1.165, 1.54) is 0 Å². The Morgan fingerprint density at radius 3 is 2.08 bits per heavy atom. The highest BCUT2D eigenvalue weighted by Gasteiger charge is 2.21. The van der Waals surface area contributed by atoms with Gasteiger partial charge in [0.05, 0.1) is 7.11 Å². The van der Waals surface area contributed by atoms with E-state index in [-0.39, 0.29) is 0 Å². The molecule has 0 bridgehead atoms. The molecule has 0 atom stereocenters. The Balaban J connectivity index is 1.53. The van der Waals surface area contributed by atoms with Crippen molar-refractivity contribution in [2.45, 2.75) is 0 Å². The number of ether oxygens (including phenoxy) is 1. The third-order valence-electron chi connectivity index (χ3n) is 4.29. The average Bonchev–Trinajstić information content (AvgIpc) is 2.69. The Hall–Kier alpha value is -1.89. The van der Waals surface area contributed by atoms with Crippen molar-refractivity contribution in [3.05, 3.63) is 59.1 Å². The third-order valence-corrected chi connectivity index (χ3v) is 5.39. The molecule has 1 aliphatic rings. The zero-order valence-electron chi connectivity index (χ0n) is 14.4. The second-order valence-corrected chi connectivity index (χ2v) is 7.15. The quantitative estimate of drug-likeness (QED) is 0.775. The van der Waals surface area contributed by atoms with E-state index < -0.39 is 0 Å². The van der Waals surface area contributed by atoms with Gasteiger partial charge in [-0.3, -0.25) is 0 Å². The largest absolute Gasteiger partial charge is 0.497 e. The van der Waals surface area contributed by atoms with Crippen LogP contribution in [-0.2, 0) is 0 Å². The van der Waals surface area contributed by atoms with Gasteiger partial charge in [0.15, 0.2) is 5.11 Å². The lowest BCUT2D eigenvalue weighted by atomic mass is 10.2. The van der Waals surface area contributed by atoms with Crippen molar-refractivity contribution < 1.29 is 4.74 Å². The van der Waals surface area contributed by atoms with Crippen LogP contribution in [0.3, 0.4) is 0 Å². The lowest BCUT2D eigenvalue weighted by molar-refractivity contribution is 0.264. The van der Waals surface area contributed by atoms with Crippen molar-refractivity contribution in [2.24, 2.45) is 0 Å². The van der Waals surface area contributed by atoms with Gasteiger partial charge in [0, 0.05) is 42.5 Å². The molecule has 7 heteroatoms. The molecular formula is C19H20ClN3OS2. The fourth-order valence-electron chi connectivity index (χ4n) is 2.76. The zero-order chi connectivity index (χ0) is 18.5. The SMILES string of the molecule is COc1ccc(C(=S)N2CCN(C(=S)Nc3ccc(Cl)cc3)CC2)cc1. The number of hydrogen-bond acceptors (Lipinski definition) is 3. The average molecular weight is 406 g/mol. The van der Waals surface area contributed by atoms with E-state index in [1.807, 2.05) is 48.5 Å². The Labute approximate surface area is 169 Å². The molecule has 0 spiro atoms. The number of hydrogen-bond donors (Lipinski definition) is 1. The molecule has 0 amide bonds. The highest BCUT2D eigenvalue weighted by atomic mass is 35.5. The molecule has 0 aromatic heterocycles. The lowest BCUT2D eigenvalue weighted by Gasteiger charge is -2.37. The second-order valence-electron chi connectivity index (χ2n) is 5.94. The molecular weight excluding hydrogens is 386 g/mol. The minimum absolute atomic E-state index is 0.710. The van der Waals surface area contributed by atoms with E-state index in [0.29, 0.717) is 5.02 Å². The van der Waals surface area contributed by atoms with Gasteiger partial charge in [-0.2, -0.15) is 0 Å². The van der Waals surface area contributed by atoms with Crippen molar-refractivity contribution in [3.8, 4) is 5.75 Å². The molecule has 1 fully saturated rings. The standard InChI is InChI=1S/C19H20ClN3OS2/c1-24-17-8-2-14(3-9-17)18(25)22-10-12-23(13-11-22)19(26)21-16-6-4-15(20)5-7-16/h2-9H,10-13H2,1H3,(H,21,26). The van der Waals surface area contributed by atoms with Crippen molar-refractivity contribution >= 4 is 51.8 Å². The van der Waals surface area contributed by atoms with Gasteiger partial charge in [0.25, 0.3) is 0 Å². The molecule has 1 heterocycles. The maximum absolute atomic E-state index is 5.91. The van der Waals surface area contributed by atoms with E-state index in [0.717, 1.165) is 53.3 Å². The van der Waals surface area contributed by atoms with Crippen LogP contribution < -0.4 is 10.1 Å². The first-order valence-electron chi connectivity index (χ1n) is 8.31. The highest BCUT2D eigenvalue weighted by molar-refractivity contribution is 7.80. The highest BCUT2D eigenvalue weighted by Crippen LogP contribution is 2.17. The predicted molar refractivity (Wildman–Crippen MR) is 116 cm³/mol. The fraction of sp³-hybridized carbons (Fsp3) is 0.263. The number of rotatable bonds is 3. The lowest BCUT2D eigenvalue weighted by Crippen LogP contribution is -2.51. The topological polar surface area (TPSA) is 27.7 Å². The van der Waals surface area contributed by atoms with E-state index >= 15 is 0 Å². The van der Waals surface area contributed by atoms with E-state index in [2.05, 4.69) is 15.1 Å². The molecule has 4 nitrogen and oxygen atoms in total. The van der Waals surface area contributed by atoms with E-state index in [1.54, 1.807) is 7.11 Å². The molecule has 1 aliphatic heterocycles. The summed E-state index contributed by atoms with van der Waals surface area (Å²) in [6.45, 7) is 3.34. The predicted octanol–water partition coefficient (Wildman–Crippen LogP) is 4.04. The van der Waals surface area contributed by atoms with Gasteiger partial charge in [-0.05, 0) is 60.7 Å². The molecule has 3 rings (SSSR count). The van der Waals surface area contributed by atoms with Gasteiger partial charge in [0.1, 0.15) is 10.7 Å². The number of thiocarbonyl (C=S) groups is 2. The summed E-state index contributed by atoms with van der Waals surface area (Å²) in [5, 5.41) is 4.70. The summed E-state index contributed by atoms with van der Waals surface area (Å²) in [6.07, 6.45) is 0. The number of methoxy groups -OCH3 is 1. The number of nitrogens with zero attached hydrogens (tertiary/aromatic N) is 2. The summed E-state index contributed by atoms with van der Waals surface area (Å²) in [5.41, 5.74) is 1.98. The van der Waals surface area contributed by atoms with Gasteiger partial charge < -0.3 is 19.9 Å². The van der Waals surface area contributed by atoms with Crippen molar-refractivity contribution in [2.75, 3.05) is 38.6 Å². The first-order chi connectivity index (χ1) is 12.6. The summed E-state index contributed by atoms with van der Waals surface area (Å²) in [7, 11) is 1.66. The summed E-state index contributed by atoms with van der Waals surface area (Å²) in [4.78, 5) is 5.25. The number of piperazine rings is 1. The minimum Gasteiger partial charge on any atom is -0.497 e. The maximum atomic E-state index is 5.91. The van der Waals surface area contributed by atoms with Crippen molar-refractivity contribution in [3.63, 3.8) is 0 Å². The number of nitrogens with one attached hydrogen (secondary N) is 1. The van der Waals surface area contributed by atoms with Gasteiger partial charge in [-0.15, -0.1) is 0 Å². The molecule has 0 saturated carbocycles. The summed E-state index contributed by atoms with van der Waals surface area (Å²) in [5.74, 6) is 0.833. The second kappa shape index (κ2) is 8.66. The normalized spacial score (nSPS) is 14.1. The first-order valence-corrected chi connectivity index (χ1v) is 9.51. The maximum Gasteiger partial charge on any atom is 0.173 e. The van der Waals surface area contributed by atoms with Crippen LogP contribution in [0.5, 0.6) is 5.75 Å². The molecule has 2 aromatic rings. The zero-order valence-corrected chi connectivity index (χ0v) is 16.8. The van der Waals surface area contributed by atoms with Crippen LogP contribution in [0.2, 0.25) is 5.02 Å². The van der Waals surface area contributed by atoms with Crippen LogP contribution in [0.15, 0.2) is 48.5 Å². The Morgan fingerprint density at radius 1 is 0.923 bits per heavy atom. The summed E-state index contributed by atoms with van der Waals surface area (Å²) < 4.78 is 5.20. The summed E-state index contributed by atoms with van der Waals surface area (Å²) in [6, 6.07) is 15.4. The van der Waals surface area contributed by atoms with Crippen molar-refractivity contribution in [1.82, 2.24) is 9.80 Å².